The Bertz CT molecular complexity index is 213. The Labute approximate surface area is 86.3 Å². The molecule has 0 saturated heterocycles. The lowest BCUT2D eigenvalue weighted by atomic mass is 9.88. The van der Waals surface area contributed by atoms with Gasteiger partial charge in [-0.25, -0.2) is 0 Å². The van der Waals surface area contributed by atoms with E-state index in [4.69, 9.17) is 0 Å². The molecule has 1 amide bonds. The van der Waals surface area contributed by atoms with Gasteiger partial charge in [-0.3, -0.25) is 9.59 Å². The first-order chi connectivity index (χ1) is 6.40. The van der Waals surface area contributed by atoms with Crippen molar-refractivity contribution in [2.45, 2.75) is 47.1 Å². The number of nitrogens with one attached hydrogen (secondary N) is 1. The van der Waals surface area contributed by atoms with Crippen molar-refractivity contribution in [1.29, 1.82) is 0 Å². The van der Waals surface area contributed by atoms with Crippen LogP contribution in [0.5, 0.6) is 0 Å². The standard InChI is InChI=1S/C11H21NO2/c1-6-7(2)8(3)9(4)12-11(14)10(5)13/h7-9H,6H2,1-5H3,(H,12,14). The molecule has 0 radical (unpaired) electrons. The minimum atomic E-state index is -0.479. The highest BCUT2D eigenvalue weighted by Gasteiger charge is 2.20. The third kappa shape index (κ3) is 3.90. The summed E-state index contributed by atoms with van der Waals surface area (Å²) in [6.45, 7) is 9.61. The zero-order valence-corrected chi connectivity index (χ0v) is 9.76. The smallest absolute Gasteiger partial charge is 0.287 e. The Balaban J connectivity index is 4.13. The average molecular weight is 199 g/mol. The summed E-state index contributed by atoms with van der Waals surface area (Å²) in [6.07, 6.45) is 1.08. The first-order valence-corrected chi connectivity index (χ1v) is 5.21. The van der Waals surface area contributed by atoms with E-state index in [1.807, 2.05) is 6.92 Å². The van der Waals surface area contributed by atoms with E-state index in [2.05, 4.69) is 26.1 Å². The van der Waals surface area contributed by atoms with Crippen LogP contribution in [0.15, 0.2) is 0 Å². The highest BCUT2D eigenvalue weighted by Crippen LogP contribution is 2.17. The number of carbonyl (C=O) groups is 2. The van der Waals surface area contributed by atoms with Crippen LogP contribution in [0.25, 0.3) is 0 Å². The van der Waals surface area contributed by atoms with Gasteiger partial charge in [-0.2, -0.15) is 0 Å². The Morgan fingerprint density at radius 3 is 2.07 bits per heavy atom. The Morgan fingerprint density at radius 2 is 1.71 bits per heavy atom. The first kappa shape index (κ1) is 13.1. The third-order valence-corrected chi connectivity index (χ3v) is 3.01. The molecule has 3 unspecified atom stereocenters. The van der Waals surface area contributed by atoms with E-state index in [0.717, 1.165) is 6.42 Å². The highest BCUT2D eigenvalue weighted by molar-refractivity contribution is 6.35. The quantitative estimate of drug-likeness (QED) is 0.686. The maximum atomic E-state index is 11.1. The Kier molecular flexibility index (Phi) is 5.43. The number of hydrogen-bond acceptors (Lipinski definition) is 2. The molecule has 0 bridgehead atoms. The number of ketones is 1. The van der Waals surface area contributed by atoms with Gasteiger partial charge in [0.2, 0.25) is 5.78 Å². The molecule has 0 aliphatic rings. The van der Waals surface area contributed by atoms with Crippen molar-refractivity contribution in [3.63, 3.8) is 0 Å². The fourth-order valence-electron chi connectivity index (χ4n) is 1.30. The Hall–Kier alpha value is -0.860. The fraction of sp³-hybridized carbons (Fsp3) is 0.818. The summed E-state index contributed by atoms with van der Waals surface area (Å²) in [7, 11) is 0. The summed E-state index contributed by atoms with van der Waals surface area (Å²) < 4.78 is 0. The van der Waals surface area contributed by atoms with Gasteiger partial charge < -0.3 is 5.32 Å². The second-order valence-electron chi connectivity index (χ2n) is 4.06. The van der Waals surface area contributed by atoms with Gasteiger partial charge in [0, 0.05) is 13.0 Å². The molecule has 0 aromatic carbocycles. The fourth-order valence-corrected chi connectivity index (χ4v) is 1.30. The maximum Gasteiger partial charge on any atom is 0.287 e. The SMILES string of the molecule is CCC(C)C(C)C(C)NC(=O)C(C)=O. The van der Waals surface area contributed by atoms with E-state index in [1.165, 1.54) is 6.92 Å². The lowest BCUT2D eigenvalue weighted by molar-refractivity contribution is -0.137. The van der Waals surface area contributed by atoms with Crippen molar-refractivity contribution in [2.75, 3.05) is 0 Å². The first-order valence-electron chi connectivity index (χ1n) is 5.21. The summed E-state index contributed by atoms with van der Waals surface area (Å²) in [5.74, 6) is 0.0430. The van der Waals surface area contributed by atoms with E-state index in [9.17, 15) is 9.59 Å². The minimum Gasteiger partial charge on any atom is -0.347 e. The molecule has 0 heterocycles. The molecule has 1 N–H and O–H groups in total. The summed E-state index contributed by atoms with van der Waals surface area (Å²) in [4.78, 5) is 21.8. The number of rotatable bonds is 5. The van der Waals surface area contributed by atoms with Crippen LogP contribution < -0.4 is 5.32 Å². The van der Waals surface area contributed by atoms with E-state index in [0.29, 0.717) is 11.8 Å². The zero-order valence-electron chi connectivity index (χ0n) is 9.76. The summed E-state index contributed by atoms with van der Waals surface area (Å²) in [5, 5.41) is 2.71. The van der Waals surface area contributed by atoms with Crippen molar-refractivity contribution < 1.29 is 9.59 Å². The molecule has 0 spiro atoms. The van der Waals surface area contributed by atoms with Crippen molar-refractivity contribution in [1.82, 2.24) is 5.32 Å². The topological polar surface area (TPSA) is 46.2 Å². The van der Waals surface area contributed by atoms with Crippen LogP contribution in [-0.2, 0) is 9.59 Å². The van der Waals surface area contributed by atoms with Gasteiger partial charge in [-0.1, -0.05) is 27.2 Å². The van der Waals surface area contributed by atoms with E-state index in [-0.39, 0.29) is 6.04 Å². The molecule has 0 aromatic heterocycles. The van der Waals surface area contributed by atoms with Crippen LogP contribution in [0.2, 0.25) is 0 Å². The van der Waals surface area contributed by atoms with Crippen LogP contribution in [0.4, 0.5) is 0 Å². The number of carbonyl (C=O) groups excluding carboxylic acids is 2. The molecule has 0 saturated carbocycles. The van der Waals surface area contributed by atoms with Gasteiger partial charge in [0.05, 0.1) is 0 Å². The van der Waals surface area contributed by atoms with Crippen molar-refractivity contribution in [3.8, 4) is 0 Å². The van der Waals surface area contributed by atoms with Gasteiger partial charge in [-0.05, 0) is 18.8 Å². The van der Waals surface area contributed by atoms with Gasteiger partial charge in [0.25, 0.3) is 5.91 Å². The lowest BCUT2D eigenvalue weighted by Gasteiger charge is -2.25. The largest absolute Gasteiger partial charge is 0.347 e. The van der Waals surface area contributed by atoms with Crippen molar-refractivity contribution in [2.24, 2.45) is 11.8 Å². The van der Waals surface area contributed by atoms with E-state index >= 15 is 0 Å². The Morgan fingerprint density at radius 1 is 1.21 bits per heavy atom. The predicted octanol–water partition coefficient (Wildman–Crippen LogP) is 1.76. The monoisotopic (exact) mass is 199 g/mol. The molecule has 14 heavy (non-hydrogen) atoms. The van der Waals surface area contributed by atoms with Gasteiger partial charge in [0.15, 0.2) is 0 Å². The van der Waals surface area contributed by atoms with Gasteiger partial charge >= 0.3 is 0 Å². The molecule has 3 atom stereocenters. The van der Waals surface area contributed by atoms with Crippen LogP contribution in [0.1, 0.15) is 41.0 Å². The summed E-state index contributed by atoms with van der Waals surface area (Å²) in [6, 6.07) is 0.0568. The normalized spacial score (nSPS) is 16.9. The number of hydrogen-bond donors (Lipinski definition) is 1. The third-order valence-electron chi connectivity index (χ3n) is 3.01. The van der Waals surface area contributed by atoms with Crippen LogP contribution >= 0.6 is 0 Å². The average Bonchev–Trinajstić information content (AvgIpc) is 2.14. The number of Topliss-reactive ketones (excluding diaryl/α,β-unsaturated/α-hetero) is 1. The molecular formula is C11H21NO2. The zero-order chi connectivity index (χ0) is 11.3. The summed E-state index contributed by atoms with van der Waals surface area (Å²) >= 11 is 0. The molecule has 82 valence electrons. The molecule has 0 fully saturated rings. The van der Waals surface area contributed by atoms with Crippen LogP contribution in [0, 0.1) is 11.8 Å². The van der Waals surface area contributed by atoms with Crippen molar-refractivity contribution in [3.05, 3.63) is 0 Å². The lowest BCUT2D eigenvalue weighted by Crippen LogP contribution is -2.41. The minimum absolute atomic E-state index is 0.0568. The molecule has 0 rings (SSSR count). The number of amides is 1. The molecule has 0 aromatic rings. The molecular weight excluding hydrogens is 178 g/mol. The van der Waals surface area contributed by atoms with Gasteiger partial charge in [-0.15, -0.1) is 0 Å². The summed E-state index contributed by atoms with van der Waals surface area (Å²) in [5.41, 5.74) is 0. The molecule has 3 heteroatoms. The second-order valence-corrected chi connectivity index (χ2v) is 4.06. The van der Waals surface area contributed by atoms with E-state index in [1.54, 1.807) is 0 Å². The highest BCUT2D eigenvalue weighted by atomic mass is 16.2. The van der Waals surface area contributed by atoms with Crippen LogP contribution in [-0.4, -0.2) is 17.7 Å². The van der Waals surface area contributed by atoms with Crippen LogP contribution in [0.3, 0.4) is 0 Å². The molecule has 0 aliphatic heterocycles. The van der Waals surface area contributed by atoms with Crippen molar-refractivity contribution >= 4 is 11.7 Å². The van der Waals surface area contributed by atoms with E-state index < -0.39 is 11.7 Å². The second kappa shape index (κ2) is 5.78. The molecule has 0 aliphatic carbocycles. The maximum absolute atomic E-state index is 11.1. The predicted molar refractivity (Wildman–Crippen MR) is 56.9 cm³/mol. The van der Waals surface area contributed by atoms with Gasteiger partial charge in [0.1, 0.15) is 0 Å². The molecule has 3 nitrogen and oxygen atoms in total.